The molecular formula is C23H28F3N5O. The molecular weight excluding hydrogens is 419 g/mol. The van der Waals surface area contributed by atoms with Crippen LogP contribution < -0.4 is 4.74 Å². The Morgan fingerprint density at radius 3 is 2.84 bits per heavy atom. The van der Waals surface area contributed by atoms with E-state index in [2.05, 4.69) is 40.2 Å². The van der Waals surface area contributed by atoms with Gasteiger partial charge in [0.2, 0.25) is 0 Å². The van der Waals surface area contributed by atoms with E-state index in [-0.39, 0.29) is 12.4 Å². The summed E-state index contributed by atoms with van der Waals surface area (Å²) in [6.45, 7) is 8.14. The van der Waals surface area contributed by atoms with Crippen molar-refractivity contribution in [1.82, 2.24) is 24.9 Å². The summed E-state index contributed by atoms with van der Waals surface area (Å²) in [4.78, 5) is 2.43. The maximum Gasteiger partial charge on any atom is 0.416 e. The van der Waals surface area contributed by atoms with Crippen LogP contribution in [-0.4, -0.2) is 44.6 Å². The summed E-state index contributed by atoms with van der Waals surface area (Å²) in [7, 11) is 0. The summed E-state index contributed by atoms with van der Waals surface area (Å²) in [6.07, 6.45) is -0.650. The van der Waals surface area contributed by atoms with Crippen molar-refractivity contribution in [3.63, 3.8) is 0 Å². The molecule has 9 heteroatoms. The number of halogens is 3. The molecule has 1 aliphatic rings. The third-order valence-corrected chi connectivity index (χ3v) is 5.91. The van der Waals surface area contributed by atoms with Crippen molar-refractivity contribution in [3.8, 4) is 5.75 Å². The first-order valence-electron chi connectivity index (χ1n) is 10.9. The van der Waals surface area contributed by atoms with Crippen LogP contribution in [0.25, 0.3) is 0 Å². The monoisotopic (exact) mass is 447 g/mol. The lowest BCUT2D eigenvalue weighted by atomic mass is 10.0. The Balaban J connectivity index is 1.27. The van der Waals surface area contributed by atoms with Crippen molar-refractivity contribution in [1.29, 1.82) is 0 Å². The van der Waals surface area contributed by atoms with E-state index in [4.69, 9.17) is 4.74 Å². The summed E-state index contributed by atoms with van der Waals surface area (Å²) in [5, 5.41) is 12.0. The Bertz CT molecular complexity index is 1040. The molecule has 0 aliphatic carbocycles. The van der Waals surface area contributed by atoms with Crippen molar-refractivity contribution in [2.24, 2.45) is 0 Å². The lowest BCUT2D eigenvalue weighted by Crippen LogP contribution is -2.20. The minimum Gasteiger partial charge on any atom is -0.493 e. The average molecular weight is 448 g/mol. The highest BCUT2D eigenvalue weighted by Gasteiger charge is 2.30. The molecule has 1 N–H and O–H groups in total. The number of benzene rings is 1. The number of H-pyrrole nitrogens is 1. The van der Waals surface area contributed by atoms with Crippen molar-refractivity contribution in [2.45, 2.75) is 51.9 Å². The standard InChI is InChI=1S/C23H28F3N5O/c1-3-31-15-18(16(2)29-31)14-30-9-7-17(13-30)22-12-20(27-28-22)8-10-32-21-6-4-5-19(11-21)23(24,25)26/h4-6,11-12,15,17H,3,7-10,13-14H2,1-2H3,(H,27,28)/t17-/m1/s1. The summed E-state index contributed by atoms with van der Waals surface area (Å²) in [5.74, 6) is 0.582. The third-order valence-electron chi connectivity index (χ3n) is 5.91. The lowest BCUT2D eigenvalue weighted by Gasteiger charge is -2.14. The number of ether oxygens (including phenoxy) is 1. The molecule has 6 nitrogen and oxygen atoms in total. The van der Waals surface area contributed by atoms with Crippen LogP contribution in [0.4, 0.5) is 13.2 Å². The second-order valence-electron chi connectivity index (χ2n) is 8.26. The quantitative estimate of drug-likeness (QED) is 0.550. The Hall–Kier alpha value is -2.81. The van der Waals surface area contributed by atoms with Crippen LogP contribution in [-0.2, 0) is 25.7 Å². The average Bonchev–Trinajstić information content (AvgIpc) is 3.49. The number of nitrogens with zero attached hydrogens (tertiary/aromatic N) is 4. The molecule has 2 aromatic heterocycles. The topological polar surface area (TPSA) is 59.0 Å². The Kier molecular flexibility index (Phi) is 6.55. The van der Waals surface area contributed by atoms with Gasteiger partial charge in [-0.15, -0.1) is 0 Å². The van der Waals surface area contributed by atoms with Crippen LogP contribution in [0, 0.1) is 6.92 Å². The SMILES string of the molecule is CCn1cc(CN2CC[C@@H](c3cc(CCOc4cccc(C(F)(F)F)c4)[nH]n3)C2)c(C)n1. The van der Waals surface area contributed by atoms with Crippen LogP contribution in [0.1, 0.15) is 47.5 Å². The first-order chi connectivity index (χ1) is 15.3. The smallest absolute Gasteiger partial charge is 0.416 e. The zero-order valence-electron chi connectivity index (χ0n) is 18.3. The zero-order valence-corrected chi connectivity index (χ0v) is 18.3. The van der Waals surface area contributed by atoms with Gasteiger partial charge in [-0.2, -0.15) is 23.4 Å². The molecule has 32 heavy (non-hydrogen) atoms. The molecule has 0 unspecified atom stereocenters. The number of likely N-dealkylation sites (tertiary alicyclic amines) is 1. The van der Waals surface area contributed by atoms with Gasteiger partial charge in [-0.25, -0.2) is 0 Å². The first kappa shape index (κ1) is 22.4. The van der Waals surface area contributed by atoms with Gasteiger partial charge in [0.05, 0.1) is 23.6 Å². The van der Waals surface area contributed by atoms with Gasteiger partial charge in [-0.05, 0) is 51.1 Å². The van der Waals surface area contributed by atoms with Gasteiger partial charge in [0.25, 0.3) is 0 Å². The Morgan fingerprint density at radius 2 is 2.09 bits per heavy atom. The minimum atomic E-state index is -4.37. The molecule has 0 saturated carbocycles. The predicted octanol–water partition coefficient (Wildman–Crippen LogP) is 4.56. The molecule has 0 bridgehead atoms. The fourth-order valence-corrected chi connectivity index (χ4v) is 4.09. The number of nitrogens with one attached hydrogen (secondary N) is 1. The number of alkyl halides is 3. The first-order valence-corrected chi connectivity index (χ1v) is 10.9. The Morgan fingerprint density at radius 1 is 1.25 bits per heavy atom. The molecule has 4 rings (SSSR count). The molecule has 1 saturated heterocycles. The fourth-order valence-electron chi connectivity index (χ4n) is 4.09. The molecule has 1 aromatic carbocycles. The van der Waals surface area contributed by atoms with E-state index < -0.39 is 11.7 Å². The van der Waals surface area contributed by atoms with E-state index >= 15 is 0 Å². The lowest BCUT2D eigenvalue weighted by molar-refractivity contribution is -0.137. The van der Waals surface area contributed by atoms with Crippen molar-refractivity contribution in [3.05, 3.63) is 64.7 Å². The molecule has 0 spiro atoms. The minimum absolute atomic E-state index is 0.215. The van der Waals surface area contributed by atoms with E-state index in [1.165, 1.54) is 17.7 Å². The maximum absolute atomic E-state index is 12.8. The molecule has 172 valence electrons. The summed E-state index contributed by atoms with van der Waals surface area (Å²) < 4.78 is 45.9. The van der Waals surface area contributed by atoms with Crippen LogP contribution in [0.5, 0.6) is 5.75 Å². The number of hydrogen-bond donors (Lipinski definition) is 1. The number of hydrogen-bond acceptors (Lipinski definition) is 4. The van der Waals surface area contributed by atoms with Crippen LogP contribution in [0.2, 0.25) is 0 Å². The fraction of sp³-hybridized carbons (Fsp3) is 0.478. The van der Waals surface area contributed by atoms with Gasteiger partial charge in [0.1, 0.15) is 5.75 Å². The van der Waals surface area contributed by atoms with Crippen LogP contribution in [0.3, 0.4) is 0 Å². The number of aromatic nitrogens is 4. The van der Waals surface area contributed by atoms with Gasteiger partial charge in [0.15, 0.2) is 0 Å². The van der Waals surface area contributed by atoms with Gasteiger partial charge >= 0.3 is 6.18 Å². The predicted molar refractivity (Wildman–Crippen MR) is 115 cm³/mol. The maximum atomic E-state index is 12.8. The highest BCUT2D eigenvalue weighted by molar-refractivity contribution is 5.30. The molecule has 3 aromatic rings. The summed E-state index contributed by atoms with van der Waals surface area (Å²) >= 11 is 0. The summed E-state index contributed by atoms with van der Waals surface area (Å²) in [5.41, 5.74) is 3.59. The van der Waals surface area contributed by atoms with E-state index in [1.54, 1.807) is 0 Å². The van der Waals surface area contributed by atoms with Crippen LogP contribution >= 0.6 is 0 Å². The van der Waals surface area contributed by atoms with Crippen molar-refractivity contribution in [2.75, 3.05) is 19.7 Å². The van der Waals surface area contributed by atoms with Gasteiger partial charge in [0, 0.05) is 49.4 Å². The largest absolute Gasteiger partial charge is 0.493 e. The molecule has 3 heterocycles. The normalized spacial score (nSPS) is 17.2. The highest BCUT2D eigenvalue weighted by atomic mass is 19.4. The van der Waals surface area contributed by atoms with E-state index in [1.807, 2.05) is 10.7 Å². The third kappa shape index (κ3) is 5.32. The molecule has 1 atom stereocenters. The summed E-state index contributed by atoms with van der Waals surface area (Å²) in [6, 6.07) is 7.00. The van der Waals surface area contributed by atoms with Crippen LogP contribution in [0.15, 0.2) is 36.5 Å². The molecule has 1 fully saturated rings. The highest BCUT2D eigenvalue weighted by Crippen LogP contribution is 2.31. The zero-order chi connectivity index (χ0) is 22.7. The number of aryl methyl sites for hydroxylation is 2. The molecule has 0 radical (unpaired) electrons. The van der Waals surface area contributed by atoms with Gasteiger partial charge < -0.3 is 4.74 Å². The van der Waals surface area contributed by atoms with Gasteiger partial charge in [-0.3, -0.25) is 14.7 Å². The van der Waals surface area contributed by atoms with Crippen molar-refractivity contribution < 1.29 is 17.9 Å². The van der Waals surface area contributed by atoms with E-state index in [0.29, 0.717) is 12.3 Å². The second kappa shape index (κ2) is 9.36. The van der Waals surface area contributed by atoms with Gasteiger partial charge in [-0.1, -0.05) is 6.07 Å². The van der Waals surface area contributed by atoms with Crippen molar-refractivity contribution >= 4 is 0 Å². The molecule has 0 amide bonds. The number of rotatable bonds is 8. The van der Waals surface area contributed by atoms with E-state index in [9.17, 15) is 13.2 Å². The van der Waals surface area contributed by atoms with E-state index in [0.717, 1.165) is 61.8 Å². The molecule has 1 aliphatic heterocycles. The Labute approximate surface area is 185 Å². The number of aromatic amines is 1. The second-order valence-corrected chi connectivity index (χ2v) is 8.26.